The Morgan fingerprint density at radius 2 is 2.05 bits per heavy atom. The Morgan fingerprint density at radius 3 is 2.63 bits per heavy atom. The van der Waals surface area contributed by atoms with Crippen molar-refractivity contribution in [3.8, 4) is 0 Å². The molecule has 0 bridgehead atoms. The Bertz CT molecular complexity index is 380. The molecule has 0 fully saturated rings. The maximum absolute atomic E-state index is 6.25. The van der Waals surface area contributed by atoms with E-state index >= 15 is 0 Å². The third-order valence-electron chi connectivity index (χ3n) is 2.92. The third kappa shape index (κ3) is 5.79. The van der Waals surface area contributed by atoms with Gasteiger partial charge in [0.25, 0.3) is 0 Å². The second-order valence-corrected chi connectivity index (χ2v) is 5.68. The van der Waals surface area contributed by atoms with E-state index in [4.69, 9.17) is 11.6 Å². The first-order valence-electron chi connectivity index (χ1n) is 7.18. The number of nitrogens with one attached hydrogen (secondary N) is 1. The van der Waals surface area contributed by atoms with Gasteiger partial charge in [-0.25, -0.2) is 4.98 Å². The van der Waals surface area contributed by atoms with Crippen LogP contribution in [0.5, 0.6) is 0 Å². The standard InChI is InChI=1S/C15H26ClN3/c1-5-9-17-15-8-7-13(16)14(18-15)11-19(6-2)10-12(3)4/h7-8,12H,5-6,9-11H2,1-4H3,(H,17,18). The molecule has 4 heteroatoms. The van der Waals surface area contributed by atoms with Crippen LogP contribution in [0.3, 0.4) is 0 Å². The predicted molar refractivity (Wildman–Crippen MR) is 83.8 cm³/mol. The van der Waals surface area contributed by atoms with E-state index in [9.17, 15) is 0 Å². The molecule has 0 aromatic carbocycles. The summed E-state index contributed by atoms with van der Waals surface area (Å²) in [6, 6.07) is 3.88. The molecule has 3 nitrogen and oxygen atoms in total. The van der Waals surface area contributed by atoms with Gasteiger partial charge in [-0.05, 0) is 31.0 Å². The van der Waals surface area contributed by atoms with Crippen molar-refractivity contribution in [3.63, 3.8) is 0 Å². The molecular formula is C15H26ClN3. The van der Waals surface area contributed by atoms with Crippen LogP contribution in [0.1, 0.15) is 39.8 Å². The van der Waals surface area contributed by atoms with Crippen molar-refractivity contribution in [2.24, 2.45) is 5.92 Å². The van der Waals surface area contributed by atoms with Crippen LogP contribution in [0.2, 0.25) is 5.02 Å². The number of aromatic nitrogens is 1. The number of hydrogen-bond donors (Lipinski definition) is 1. The molecule has 0 aliphatic rings. The van der Waals surface area contributed by atoms with Crippen molar-refractivity contribution in [1.82, 2.24) is 9.88 Å². The minimum Gasteiger partial charge on any atom is -0.370 e. The van der Waals surface area contributed by atoms with Gasteiger partial charge in [-0.3, -0.25) is 4.90 Å². The molecule has 1 aromatic rings. The fraction of sp³-hybridized carbons (Fsp3) is 0.667. The second-order valence-electron chi connectivity index (χ2n) is 5.27. The van der Waals surface area contributed by atoms with Gasteiger partial charge in [0.05, 0.1) is 10.7 Å². The van der Waals surface area contributed by atoms with Crippen LogP contribution >= 0.6 is 11.6 Å². The summed E-state index contributed by atoms with van der Waals surface area (Å²) in [5.74, 6) is 1.57. The van der Waals surface area contributed by atoms with Crippen molar-refractivity contribution < 1.29 is 0 Å². The molecule has 0 aliphatic carbocycles. The van der Waals surface area contributed by atoms with Crippen LogP contribution < -0.4 is 5.32 Å². The lowest BCUT2D eigenvalue weighted by Crippen LogP contribution is -2.27. The fourth-order valence-electron chi connectivity index (χ4n) is 1.98. The molecule has 19 heavy (non-hydrogen) atoms. The molecule has 0 radical (unpaired) electrons. The molecule has 1 heterocycles. The van der Waals surface area contributed by atoms with Crippen molar-refractivity contribution in [3.05, 3.63) is 22.8 Å². The highest BCUT2D eigenvalue weighted by Crippen LogP contribution is 2.19. The van der Waals surface area contributed by atoms with Crippen LogP contribution in [0.25, 0.3) is 0 Å². The first-order chi connectivity index (χ1) is 9.06. The van der Waals surface area contributed by atoms with E-state index in [1.807, 2.05) is 12.1 Å². The Balaban J connectivity index is 2.74. The summed E-state index contributed by atoms with van der Waals surface area (Å²) in [6.07, 6.45) is 1.09. The molecule has 1 rings (SSSR count). The van der Waals surface area contributed by atoms with Crippen LogP contribution in [-0.2, 0) is 6.54 Å². The number of rotatable bonds is 8. The second kappa shape index (κ2) is 8.39. The Kier molecular flexibility index (Phi) is 7.17. The third-order valence-corrected chi connectivity index (χ3v) is 3.26. The Morgan fingerprint density at radius 1 is 1.32 bits per heavy atom. The molecule has 1 aromatic heterocycles. The quantitative estimate of drug-likeness (QED) is 0.781. The van der Waals surface area contributed by atoms with Crippen LogP contribution in [-0.4, -0.2) is 29.5 Å². The molecule has 0 spiro atoms. The highest BCUT2D eigenvalue weighted by molar-refractivity contribution is 6.31. The summed E-state index contributed by atoms with van der Waals surface area (Å²) in [5.41, 5.74) is 0.963. The molecule has 0 saturated carbocycles. The first-order valence-corrected chi connectivity index (χ1v) is 7.56. The molecule has 0 atom stereocenters. The lowest BCUT2D eigenvalue weighted by Gasteiger charge is -2.22. The van der Waals surface area contributed by atoms with Crippen LogP contribution in [0, 0.1) is 5.92 Å². The molecule has 0 unspecified atom stereocenters. The topological polar surface area (TPSA) is 28.2 Å². The van der Waals surface area contributed by atoms with E-state index in [1.54, 1.807) is 0 Å². The summed E-state index contributed by atoms with van der Waals surface area (Å²) in [4.78, 5) is 7.00. The molecule has 0 saturated heterocycles. The zero-order valence-corrected chi connectivity index (χ0v) is 13.3. The van der Waals surface area contributed by atoms with E-state index in [1.165, 1.54) is 0 Å². The van der Waals surface area contributed by atoms with Crippen molar-refractivity contribution >= 4 is 17.4 Å². The number of hydrogen-bond acceptors (Lipinski definition) is 3. The molecule has 1 N–H and O–H groups in total. The van der Waals surface area contributed by atoms with E-state index in [0.717, 1.165) is 49.1 Å². The van der Waals surface area contributed by atoms with Crippen molar-refractivity contribution in [2.75, 3.05) is 25.0 Å². The monoisotopic (exact) mass is 283 g/mol. The molecular weight excluding hydrogens is 258 g/mol. The lowest BCUT2D eigenvalue weighted by atomic mass is 10.2. The molecule has 0 amide bonds. The van der Waals surface area contributed by atoms with Gasteiger partial charge in [-0.2, -0.15) is 0 Å². The first kappa shape index (κ1) is 16.3. The molecule has 0 aliphatic heterocycles. The number of pyridine rings is 1. The van der Waals surface area contributed by atoms with Gasteiger partial charge in [0.1, 0.15) is 5.82 Å². The van der Waals surface area contributed by atoms with Gasteiger partial charge < -0.3 is 5.32 Å². The van der Waals surface area contributed by atoms with E-state index < -0.39 is 0 Å². The van der Waals surface area contributed by atoms with E-state index in [2.05, 4.69) is 42.9 Å². The van der Waals surface area contributed by atoms with Crippen LogP contribution in [0.15, 0.2) is 12.1 Å². The van der Waals surface area contributed by atoms with E-state index in [0.29, 0.717) is 5.92 Å². The lowest BCUT2D eigenvalue weighted by molar-refractivity contribution is 0.246. The maximum Gasteiger partial charge on any atom is 0.126 e. The van der Waals surface area contributed by atoms with Crippen LogP contribution in [0.4, 0.5) is 5.82 Å². The van der Waals surface area contributed by atoms with Crippen molar-refractivity contribution in [1.29, 1.82) is 0 Å². The number of nitrogens with zero attached hydrogens (tertiary/aromatic N) is 2. The molecule has 108 valence electrons. The zero-order chi connectivity index (χ0) is 14.3. The Hall–Kier alpha value is -0.800. The average molecular weight is 284 g/mol. The summed E-state index contributed by atoms with van der Waals surface area (Å²) >= 11 is 6.25. The van der Waals surface area contributed by atoms with E-state index in [-0.39, 0.29) is 0 Å². The minimum atomic E-state index is 0.653. The summed E-state index contributed by atoms with van der Waals surface area (Å²) in [6.45, 7) is 12.6. The predicted octanol–water partition coefficient (Wildman–Crippen LogP) is 4.03. The van der Waals surface area contributed by atoms with Gasteiger partial charge in [-0.15, -0.1) is 0 Å². The maximum atomic E-state index is 6.25. The summed E-state index contributed by atoms with van der Waals surface area (Å²) in [5, 5.41) is 4.06. The highest BCUT2D eigenvalue weighted by Gasteiger charge is 2.10. The van der Waals surface area contributed by atoms with Gasteiger partial charge in [-0.1, -0.05) is 39.3 Å². The Labute approximate surface area is 122 Å². The minimum absolute atomic E-state index is 0.653. The van der Waals surface area contributed by atoms with Gasteiger partial charge >= 0.3 is 0 Å². The normalized spacial score (nSPS) is 11.3. The van der Waals surface area contributed by atoms with Crippen molar-refractivity contribution in [2.45, 2.75) is 40.7 Å². The number of halogens is 1. The average Bonchev–Trinajstić information content (AvgIpc) is 2.38. The number of anilines is 1. The summed E-state index contributed by atoms with van der Waals surface area (Å²) in [7, 11) is 0. The highest BCUT2D eigenvalue weighted by atomic mass is 35.5. The smallest absolute Gasteiger partial charge is 0.126 e. The largest absolute Gasteiger partial charge is 0.370 e. The summed E-state index contributed by atoms with van der Waals surface area (Å²) < 4.78 is 0. The fourth-order valence-corrected chi connectivity index (χ4v) is 2.15. The SMILES string of the molecule is CCCNc1ccc(Cl)c(CN(CC)CC(C)C)n1. The van der Waals surface area contributed by atoms with Gasteiger partial charge in [0, 0.05) is 19.6 Å². The van der Waals surface area contributed by atoms with Gasteiger partial charge in [0.15, 0.2) is 0 Å². The van der Waals surface area contributed by atoms with Gasteiger partial charge in [0.2, 0.25) is 0 Å². The zero-order valence-electron chi connectivity index (χ0n) is 12.5.